The number of ether oxygens (including phenoxy) is 1. The van der Waals surface area contributed by atoms with Crippen LogP contribution < -0.4 is 19.1 Å². The lowest BCUT2D eigenvalue weighted by atomic mass is 10.3. The summed E-state index contributed by atoms with van der Waals surface area (Å²) in [6.45, 7) is -0.469. The van der Waals surface area contributed by atoms with Gasteiger partial charge in [0.1, 0.15) is 12.3 Å². The van der Waals surface area contributed by atoms with Crippen LogP contribution in [-0.2, 0) is 25.0 Å². The van der Waals surface area contributed by atoms with E-state index in [0.717, 1.165) is 8.61 Å². The molecule has 0 radical (unpaired) electrons. The Balaban J connectivity index is 1.71. The van der Waals surface area contributed by atoms with Crippen molar-refractivity contribution in [2.24, 2.45) is 0 Å². The fourth-order valence-electron chi connectivity index (χ4n) is 3.02. The lowest BCUT2D eigenvalue weighted by Gasteiger charge is -2.26. The van der Waals surface area contributed by atoms with Gasteiger partial charge >= 0.3 is 10.2 Å². The molecule has 0 saturated heterocycles. The molecule has 35 heavy (non-hydrogen) atoms. The van der Waals surface area contributed by atoms with E-state index in [1.807, 2.05) is 0 Å². The minimum atomic E-state index is -3.93. The van der Waals surface area contributed by atoms with Crippen LogP contribution in [0.3, 0.4) is 0 Å². The molecule has 0 unspecified atom stereocenters. The zero-order chi connectivity index (χ0) is 25.6. The molecule has 0 aliphatic carbocycles. The Bertz CT molecular complexity index is 1360. The van der Waals surface area contributed by atoms with Crippen molar-refractivity contribution < 1.29 is 26.4 Å². The maximum Gasteiger partial charge on any atom is 0.304 e. The van der Waals surface area contributed by atoms with Gasteiger partial charge in [-0.15, -0.1) is 0 Å². The van der Waals surface area contributed by atoms with Crippen LogP contribution in [-0.4, -0.2) is 54.8 Å². The summed E-state index contributed by atoms with van der Waals surface area (Å²) in [4.78, 5) is 12.7. The highest BCUT2D eigenvalue weighted by molar-refractivity contribution is 7.92. The van der Waals surface area contributed by atoms with Crippen LogP contribution in [0.1, 0.15) is 0 Å². The van der Waals surface area contributed by atoms with Crippen molar-refractivity contribution in [2.45, 2.75) is 4.90 Å². The molecular weight excluding hydrogens is 492 g/mol. The molecule has 10 nitrogen and oxygen atoms in total. The molecule has 3 rings (SSSR count). The summed E-state index contributed by atoms with van der Waals surface area (Å²) in [5.74, 6) is 0.00324. The Morgan fingerprint density at radius 1 is 0.829 bits per heavy atom. The van der Waals surface area contributed by atoms with Gasteiger partial charge in [0.05, 0.1) is 17.7 Å². The summed E-state index contributed by atoms with van der Waals surface area (Å²) in [6.07, 6.45) is 0. The van der Waals surface area contributed by atoms with Gasteiger partial charge in [-0.3, -0.25) is 9.52 Å². The first kappa shape index (κ1) is 26.0. The third-order valence-electron chi connectivity index (χ3n) is 4.86. The molecule has 3 aromatic rings. The summed E-state index contributed by atoms with van der Waals surface area (Å²) in [7, 11) is -3.52. The van der Waals surface area contributed by atoms with Gasteiger partial charge < -0.3 is 10.1 Å². The van der Waals surface area contributed by atoms with Gasteiger partial charge in [-0.05, 0) is 60.7 Å². The number of nitrogens with zero attached hydrogens (tertiary/aromatic N) is 2. The minimum Gasteiger partial charge on any atom is -0.497 e. The van der Waals surface area contributed by atoms with E-state index in [0.29, 0.717) is 22.8 Å². The number of benzene rings is 3. The summed E-state index contributed by atoms with van der Waals surface area (Å²) >= 11 is 0. The average Bonchev–Trinajstić information content (AvgIpc) is 2.83. The monoisotopic (exact) mass is 518 g/mol. The van der Waals surface area contributed by atoms with Crippen molar-refractivity contribution in [1.82, 2.24) is 4.31 Å². The molecule has 0 spiro atoms. The van der Waals surface area contributed by atoms with Crippen molar-refractivity contribution in [3.8, 4) is 5.75 Å². The molecule has 186 valence electrons. The number of anilines is 3. The van der Waals surface area contributed by atoms with Crippen LogP contribution >= 0.6 is 0 Å². The first-order valence-corrected chi connectivity index (χ1v) is 13.2. The van der Waals surface area contributed by atoms with Crippen LogP contribution in [0, 0.1) is 0 Å². The number of amides is 1. The average molecular weight is 519 g/mol. The Hall–Kier alpha value is -3.61. The standard InChI is InChI=1S/C23H26N4O6S2/c1-26(2)35(31,32)27(20-7-5-4-6-8-20)17-23(28)24-18-11-15-22(16-12-18)34(29,30)25-19-9-13-21(33-3)14-10-19/h4-16,25H,17H2,1-3H3,(H,24,28). The molecule has 0 bridgehead atoms. The zero-order valence-corrected chi connectivity index (χ0v) is 21.0. The van der Waals surface area contributed by atoms with Gasteiger partial charge in [-0.25, -0.2) is 12.7 Å². The summed E-state index contributed by atoms with van der Waals surface area (Å²) < 4.78 is 60.3. The van der Waals surface area contributed by atoms with E-state index in [-0.39, 0.29) is 4.90 Å². The normalized spacial score (nSPS) is 11.7. The highest BCUT2D eigenvalue weighted by Gasteiger charge is 2.27. The second kappa shape index (κ2) is 10.8. The van der Waals surface area contributed by atoms with Crippen LogP contribution in [0.25, 0.3) is 0 Å². The third kappa shape index (κ3) is 6.50. The second-order valence-electron chi connectivity index (χ2n) is 7.54. The van der Waals surface area contributed by atoms with Gasteiger partial charge in [0.25, 0.3) is 10.0 Å². The molecule has 0 aliphatic rings. The number of nitrogens with one attached hydrogen (secondary N) is 2. The number of methoxy groups -OCH3 is 1. The predicted molar refractivity (Wildman–Crippen MR) is 135 cm³/mol. The largest absolute Gasteiger partial charge is 0.497 e. The lowest BCUT2D eigenvalue weighted by Crippen LogP contribution is -2.44. The topological polar surface area (TPSA) is 125 Å². The fraction of sp³-hybridized carbons (Fsp3) is 0.174. The third-order valence-corrected chi connectivity index (χ3v) is 8.08. The Kier molecular flexibility index (Phi) is 7.99. The Labute approximate surface area is 205 Å². The smallest absolute Gasteiger partial charge is 0.304 e. The first-order valence-electron chi connectivity index (χ1n) is 10.3. The molecule has 0 saturated carbocycles. The van der Waals surface area contributed by atoms with Gasteiger partial charge in [0.2, 0.25) is 5.91 Å². The highest BCUT2D eigenvalue weighted by atomic mass is 32.2. The fourth-order valence-corrected chi connectivity index (χ4v) is 5.14. The van der Waals surface area contributed by atoms with E-state index in [2.05, 4.69) is 10.0 Å². The summed E-state index contributed by atoms with van der Waals surface area (Å²) in [5, 5.41) is 2.60. The van der Waals surface area contributed by atoms with E-state index in [1.165, 1.54) is 45.5 Å². The Morgan fingerprint density at radius 2 is 1.40 bits per heavy atom. The molecule has 3 aromatic carbocycles. The van der Waals surface area contributed by atoms with Crippen LogP contribution in [0.15, 0.2) is 83.8 Å². The van der Waals surface area contributed by atoms with Crippen molar-refractivity contribution in [2.75, 3.05) is 42.1 Å². The van der Waals surface area contributed by atoms with Gasteiger partial charge in [-0.1, -0.05) is 18.2 Å². The predicted octanol–water partition coefficient (Wildman–Crippen LogP) is 2.75. The van der Waals surface area contributed by atoms with Crippen LogP contribution in [0.2, 0.25) is 0 Å². The maximum atomic E-state index is 12.8. The van der Waals surface area contributed by atoms with E-state index in [9.17, 15) is 21.6 Å². The number of sulfonamides is 1. The van der Waals surface area contributed by atoms with Gasteiger partial charge in [-0.2, -0.15) is 12.7 Å². The van der Waals surface area contributed by atoms with Gasteiger partial charge in [0.15, 0.2) is 0 Å². The molecule has 0 heterocycles. The van der Waals surface area contributed by atoms with E-state index in [1.54, 1.807) is 54.6 Å². The van der Waals surface area contributed by atoms with E-state index < -0.39 is 32.7 Å². The molecule has 0 atom stereocenters. The van der Waals surface area contributed by atoms with Crippen molar-refractivity contribution >= 4 is 43.2 Å². The van der Waals surface area contributed by atoms with Crippen molar-refractivity contribution in [1.29, 1.82) is 0 Å². The number of hydrogen-bond donors (Lipinski definition) is 2. The van der Waals surface area contributed by atoms with Crippen molar-refractivity contribution in [3.05, 3.63) is 78.9 Å². The highest BCUT2D eigenvalue weighted by Crippen LogP contribution is 2.22. The molecule has 0 fully saturated rings. The number of para-hydroxylation sites is 1. The van der Waals surface area contributed by atoms with Gasteiger partial charge in [0, 0.05) is 25.5 Å². The van der Waals surface area contributed by atoms with E-state index in [4.69, 9.17) is 4.74 Å². The second-order valence-corrected chi connectivity index (χ2v) is 11.3. The molecule has 12 heteroatoms. The van der Waals surface area contributed by atoms with Crippen molar-refractivity contribution in [3.63, 3.8) is 0 Å². The Morgan fingerprint density at radius 3 is 1.94 bits per heavy atom. The van der Waals surface area contributed by atoms with E-state index >= 15 is 0 Å². The summed E-state index contributed by atoms with van der Waals surface area (Å²) in [6, 6.07) is 20.2. The van der Waals surface area contributed by atoms with Crippen LogP contribution in [0.4, 0.5) is 17.1 Å². The van der Waals surface area contributed by atoms with Crippen LogP contribution in [0.5, 0.6) is 5.75 Å². The molecular formula is C23H26N4O6S2. The quantitative estimate of drug-likeness (QED) is 0.425. The minimum absolute atomic E-state index is 0.00702. The maximum absolute atomic E-state index is 12.8. The lowest BCUT2D eigenvalue weighted by molar-refractivity contribution is -0.114. The number of rotatable bonds is 10. The molecule has 1 amide bonds. The zero-order valence-electron chi connectivity index (χ0n) is 19.4. The SMILES string of the molecule is COc1ccc(NS(=O)(=O)c2ccc(NC(=O)CN(c3ccccc3)S(=O)(=O)N(C)C)cc2)cc1. The molecule has 2 N–H and O–H groups in total. The molecule has 0 aromatic heterocycles. The summed E-state index contributed by atoms with van der Waals surface area (Å²) in [5.41, 5.74) is 1.02. The molecule has 0 aliphatic heterocycles. The number of hydrogen-bond acceptors (Lipinski definition) is 6. The number of carbonyl (C=O) groups excluding carboxylic acids is 1. The first-order chi connectivity index (χ1) is 16.5. The number of carbonyl (C=O) groups is 1.